The molecule has 0 bridgehead atoms. The van der Waals surface area contributed by atoms with Crippen molar-refractivity contribution in [3.63, 3.8) is 0 Å². The monoisotopic (exact) mass is 190 g/mol. The zero-order chi connectivity index (χ0) is 10.1. The van der Waals surface area contributed by atoms with Crippen LogP contribution >= 0.6 is 0 Å². The van der Waals surface area contributed by atoms with Crippen molar-refractivity contribution in [3.8, 4) is 5.75 Å². The fourth-order valence-electron chi connectivity index (χ4n) is 1.71. The van der Waals surface area contributed by atoms with Gasteiger partial charge in [0.05, 0.1) is 7.11 Å². The summed E-state index contributed by atoms with van der Waals surface area (Å²) in [6.07, 6.45) is 1.94. The highest BCUT2D eigenvalue weighted by Crippen LogP contribution is 2.30. The first-order valence-electron chi connectivity index (χ1n) is 4.63. The van der Waals surface area contributed by atoms with Gasteiger partial charge in [-0.3, -0.25) is 0 Å². The molecule has 0 saturated carbocycles. The molecule has 0 spiro atoms. The van der Waals surface area contributed by atoms with Crippen molar-refractivity contribution >= 4 is 10.9 Å². The van der Waals surface area contributed by atoms with Crippen LogP contribution in [0.5, 0.6) is 5.75 Å². The Labute approximate surface area is 82.9 Å². The normalized spacial score (nSPS) is 13.1. The Bertz CT molecular complexity index is 445. The van der Waals surface area contributed by atoms with E-state index in [1.165, 1.54) is 0 Å². The average molecular weight is 190 g/mol. The molecule has 3 N–H and O–H groups in total. The Hall–Kier alpha value is -1.48. The summed E-state index contributed by atoms with van der Waals surface area (Å²) >= 11 is 0. The minimum Gasteiger partial charge on any atom is -0.496 e. The van der Waals surface area contributed by atoms with Gasteiger partial charge in [0, 0.05) is 23.1 Å². The highest BCUT2D eigenvalue weighted by Gasteiger charge is 2.11. The molecule has 0 radical (unpaired) electrons. The van der Waals surface area contributed by atoms with Gasteiger partial charge in [0.25, 0.3) is 0 Å². The van der Waals surface area contributed by atoms with E-state index in [-0.39, 0.29) is 6.04 Å². The van der Waals surface area contributed by atoms with Crippen LogP contribution in [0, 0.1) is 0 Å². The number of H-pyrrole nitrogens is 1. The van der Waals surface area contributed by atoms with Crippen LogP contribution in [0.3, 0.4) is 0 Å². The predicted octanol–water partition coefficient (Wildman–Crippen LogP) is 2.20. The molecule has 74 valence electrons. The molecule has 3 nitrogen and oxygen atoms in total. The third kappa shape index (κ3) is 1.26. The van der Waals surface area contributed by atoms with Crippen LogP contribution in [0.15, 0.2) is 24.4 Å². The van der Waals surface area contributed by atoms with E-state index in [9.17, 15) is 0 Å². The van der Waals surface area contributed by atoms with E-state index in [0.29, 0.717) is 0 Å². The van der Waals surface area contributed by atoms with Crippen LogP contribution in [0.2, 0.25) is 0 Å². The minimum atomic E-state index is 0.0139. The van der Waals surface area contributed by atoms with Crippen LogP contribution in [0.1, 0.15) is 18.5 Å². The maximum absolute atomic E-state index is 5.87. The summed E-state index contributed by atoms with van der Waals surface area (Å²) in [5.74, 6) is 0.871. The highest BCUT2D eigenvalue weighted by molar-refractivity contribution is 5.89. The molecule has 0 fully saturated rings. The van der Waals surface area contributed by atoms with E-state index in [1.54, 1.807) is 7.11 Å². The molecule has 0 aliphatic carbocycles. The fraction of sp³-hybridized carbons (Fsp3) is 0.273. The lowest BCUT2D eigenvalue weighted by molar-refractivity contribution is 0.419. The minimum absolute atomic E-state index is 0.0139. The molecule has 1 atom stereocenters. The lowest BCUT2D eigenvalue weighted by Gasteiger charge is -2.06. The van der Waals surface area contributed by atoms with Crippen LogP contribution in [-0.2, 0) is 0 Å². The lowest BCUT2D eigenvalue weighted by atomic mass is 10.1. The van der Waals surface area contributed by atoms with Crippen LogP contribution < -0.4 is 10.5 Å². The van der Waals surface area contributed by atoms with Gasteiger partial charge in [-0.05, 0) is 24.6 Å². The lowest BCUT2D eigenvalue weighted by Crippen LogP contribution is -2.04. The Morgan fingerprint density at radius 3 is 2.86 bits per heavy atom. The summed E-state index contributed by atoms with van der Waals surface area (Å²) < 4.78 is 5.30. The van der Waals surface area contributed by atoms with Gasteiger partial charge in [0.2, 0.25) is 0 Å². The van der Waals surface area contributed by atoms with Gasteiger partial charge in [-0.1, -0.05) is 6.07 Å². The summed E-state index contributed by atoms with van der Waals surface area (Å²) in [5, 5.41) is 1.09. The summed E-state index contributed by atoms with van der Waals surface area (Å²) in [7, 11) is 1.67. The van der Waals surface area contributed by atoms with Gasteiger partial charge >= 0.3 is 0 Å². The average Bonchev–Trinajstić information content (AvgIpc) is 2.60. The molecule has 0 aliphatic heterocycles. The molecule has 0 unspecified atom stereocenters. The number of nitrogens with two attached hydrogens (primary N) is 1. The van der Waals surface area contributed by atoms with E-state index >= 15 is 0 Å². The molecule has 2 aromatic rings. The number of aromatic amines is 1. The van der Waals surface area contributed by atoms with E-state index in [0.717, 1.165) is 22.2 Å². The van der Waals surface area contributed by atoms with Gasteiger partial charge in [0.15, 0.2) is 0 Å². The first kappa shape index (κ1) is 9.09. The molecule has 0 aliphatic rings. The molecule has 2 rings (SSSR count). The number of ether oxygens (including phenoxy) is 1. The maximum atomic E-state index is 5.87. The van der Waals surface area contributed by atoms with E-state index < -0.39 is 0 Å². The molecule has 3 heteroatoms. The summed E-state index contributed by atoms with van der Waals surface area (Å²) in [6, 6.07) is 5.94. The van der Waals surface area contributed by atoms with Gasteiger partial charge in [-0.2, -0.15) is 0 Å². The van der Waals surface area contributed by atoms with Gasteiger partial charge < -0.3 is 15.5 Å². The fourth-order valence-corrected chi connectivity index (χ4v) is 1.71. The quantitative estimate of drug-likeness (QED) is 0.762. The molecular formula is C11H14N2O. The van der Waals surface area contributed by atoms with Crippen molar-refractivity contribution in [1.82, 2.24) is 4.98 Å². The maximum Gasteiger partial charge on any atom is 0.128 e. The Balaban J connectivity index is 2.74. The number of hydrogen-bond donors (Lipinski definition) is 2. The Kier molecular flexibility index (Phi) is 2.17. The Morgan fingerprint density at radius 1 is 1.43 bits per heavy atom. The van der Waals surface area contributed by atoms with Crippen molar-refractivity contribution in [3.05, 3.63) is 30.0 Å². The molecule has 0 amide bonds. The van der Waals surface area contributed by atoms with E-state index in [1.807, 2.05) is 31.3 Å². The smallest absolute Gasteiger partial charge is 0.128 e. The first-order valence-corrected chi connectivity index (χ1v) is 4.63. The Morgan fingerprint density at radius 2 is 2.21 bits per heavy atom. The number of fused-ring (bicyclic) bond motifs is 1. The third-order valence-electron chi connectivity index (χ3n) is 2.41. The molecular weight excluding hydrogens is 176 g/mol. The van der Waals surface area contributed by atoms with Gasteiger partial charge in [-0.25, -0.2) is 0 Å². The summed E-state index contributed by atoms with van der Waals surface area (Å²) in [6.45, 7) is 1.97. The number of hydrogen-bond acceptors (Lipinski definition) is 2. The number of nitrogens with one attached hydrogen (secondary N) is 1. The van der Waals surface area contributed by atoms with Crippen LogP contribution in [0.25, 0.3) is 10.9 Å². The number of aromatic nitrogens is 1. The third-order valence-corrected chi connectivity index (χ3v) is 2.41. The van der Waals surface area contributed by atoms with E-state index in [4.69, 9.17) is 10.5 Å². The predicted molar refractivity (Wildman–Crippen MR) is 57.5 cm³/mol. The van der Waals surface area contributed by atoms with Gasteiger partial charge in [0.1, 0.15) is 5.75 Å². The topological polar surface area (TPSA) is 51.0 Å². The van der Waals surface area contributed by atoms with Crippen molar-refractivity contribution < 1.29 is 4.74 Å². The van der Waals surface area contributed by atoms with Crippen molar-refractivity contribution in [2.24, 2.45) is 5.73 Å². The number of rotatable bonds is 2. The molecule has 14 heavy (non-hydrogen) atoms. The second kappa shape index (κ2) is 3.35. The van der Waals surface area contributed by atoms with E-state index in [2.05, 4.69) is 4.98 Å². The SMILES string of the molecule is COc1cccc2[nH]cc([C@H](C)N)c12. The second-order valence-electron chi connectivity index (χ2n) is 3.42. The van der Waals surface area contributed by atoms with Crippen LogP contribution in [-0.4, -0.2) is 12.1 Å². The zero-order valence-electron chi connectivity index (χ0n) is 8.37. The molecule has 1 heterocycles. The second-order valence-corrected chi connectivity index (χ2v) is 3.42. The summed E-state index contributed by atoms with van der Waals surface area (Å²) in [4.78, 5) is 3.18. The number of methoxy groups -OCH3 is 1. The first-order chi connectivity index (χ1) is 6.74. The van der Waals surface area contributed by atoms with Crippen molar-refractivity contribution in [2.75, 3.05) is 7.11 Å². The summed E-state index contributed by atoms with van der Waals surface area (Å²) in [5.41, 5.74) is 8.03. The number of benzene rings is 1. The van der Waals surface area contributed by atoms with Crippen molar-refractivity contribution in [2.45, 2.75) is 13.0 Å². The molecule has 0 saturated heterocycles. The highest BCUT2D eigenvalue weighted by atomic mass is 16.5. The standard InChI is InChI=1S/C11H14N2O/c1-7(12)8-6-13-9-4-3-5-10(14-2)11(8)9/h3-7,13H,12H2,1-2H3/t7-/m0/s1. The zero-order valence-corrected chi connectivity index (χ0v) is 8.37. The molecule has 1 aromatic heterocycles. The molecule has 1 aromatic carbocycles. The largest absolute Gasteiger partial charge is 0.496 e. The van der Waals surface area contributed by atoms with Gasteiger partial charge in [-0.15, -0.1) is 0 Å². The van der Waals surface area contributed by atoms with Crippen molar-refractivity contribution in [1.29, 1.82) is 0 Å². The van der Waals surface area contributed by atoms with Crippen LogP contribution in [0.4, 0.5) is 0 Å².